The van der Waals surface area contributed by atoms with E-state index in [-0.39, 0.29) is 12.5 Å². The van der Waals surface area contributed by atoms with Crippen LogP contribution in [0.5, 0.6) is 5.75 Å². The van der Waals surface area contributed by atoms with Crippen LogP contribution in [0, 0.1) is 17.1 Å². The van der Waals surface area contributed by atoms with Gasteiger partial charge in [-0.1, -0.05) is 36.4 Å². The maximum absolute atomic E-state index is 14.5. The highest BCUT2D eigenvalue weighted by Crippen LogP contribution is 2.48. The number of hydrogen-bond acceptors (Lipinski definition) is 3. The molecule has 146 valence electrons. The van der Waals surface area contributed by atoms with Gasteiger partial charge in [0.15, 0.2) is 0 Å². The maximum Gasteiger partial charge on any atom is 0.206 e. The number of nitrogens with zero attached hydrogens (tertiary/aromatic N) is 1. The van der Waals surface area contributed by atoms with Crippen LogP contribution >= 0.6 is 7.29 Å². The molecule has 0 aromatic heterocycles. The first-order valence-electron chi connectivity index (χ1n) is 9.35. The fraction of sp³-hybridized carbons (Fsp3) is 0.174. The van der Waals surface area contributed by atoms with Crippen molar-refractivity contribution in [2.24, 2.45) is 0 Å². The summed E-state index contributed by atoms with van der Waals surface area (Å²) in [5, 5.41) is 14.6. The van der Waals surface area contributed by atoms with Crippen molar-refractivity contribution in [3.05, 3.63) is 90.2 Å². The Morgan fingerprint density at radius 3 is 2.21 bits per heavy atom. The average Bonchev–Trinajstić information content (AvgIpc) is 2.75. The van der Waals surface area contributed by atoms with E-state index in [0.29, 0.717) is 21.9 Å². The number of nitriles is 1. The fourth-order valence-electron chi connectivity index (χ4n) is 3.80. The molecule has 4 rings (SSSR count). The zero-order valence-electron chi connectivity index (χ0n) is 15.9. The van der Waals surface area contributed by atoms with Crippen LogP contribution in [0.25, 0.3) is 0 Å². The molecule has 0 spiro atoms. The normalized spacial score (nSPS) is 20.9. The summed E-state index contributed by atoms with van der Waals surface area (Å²) in [6.45, 7) is 1.84. The van der Waals surface area contributed by atoms with Crippen LogP contribution in [0.3, 0.4) is 0 Å². The van der Waals surface area contributed by atoms with Crippen molar-refractivity contribution < 1.29 is 13.7 Å². The molecule has 1 N–H and O–H groups in total. The standard InChI is InChI=1S/C23H20FN2O2P/c1-17-15-23(16-25,21-14-18(24)12-13-22(21)28-17)26-29(27,19-8-4-2-5-9-19)20-10-6-3-7-11-20/h2-14,17H,15H2,1H3,(H,26,27)/t17-,23-/m1/s1. The number of nitrogens with one attached hydrogen (secondary N) is 1. The Bertz CT molecular complexity index is 1070. The number of rotatable bonds is 4. The molecule has 0 saturated heterocycles. The van der Waals surface area contributed by atoms with E-state index in [1.54, 1.807) is 24.3 Å². The lowest BCUT2D eigenvalue weighted by molar-refractivity contribution is 0.152. The van der Waals surface area contributed by atoms with Crippen LogP contribution < -0.4 is 20.4 Å². The highest BCUT2D eigenvalue weighted by molar-refractivity contribution is 7.77. The van der Waals surface area contributed by atoms with Crippen molar-refractivity contribution >= 4 is 17.9 Å². The van der Waals surface area contributed by atoms with Gasteiger partial charge >= 0.3 is 0 Å². The Morgan fingerprint density at radius 1 is 1.07 bits per heavy atom. The van der Waals surface area contributed by atoms with Gasteiger partial charge < -0.3 is 4.74 Å². The molecule has 1 aliphatic heterocycles. The Morgan fingerprint density at radius 2 is 1.66 bits per heavy atom. The van der Waals surface area contributed by atoms with E-state index in [0.717, 1.165) is 0 Å². The predicted octanol–water partition coefficient (Wildman–Crippen LogP) is 4.23. The zero-order valence-corrected chi connectivity index (χ0v) is 16.8. The summed E-state index contributed by atoms with van der Waals surface area (Å²) in [5.41, 5.74) is -0.999. The summed E-state index contributed by atoms with van der Waals surface area (Å²) in [7, 11) is -3.42. The van der Waals surface area contributed by atoms with E-state index < -0.39 is 18.6 Å². The largest absolute Gasteiger partial charge is 0.490 e. The Kier molecular flexibility index (Phi) is 5.00. The zero-order chi connectivity index (χ0) is 20.5. The number of halogens is 1. The van der Waals surface area contributed by atoms with Crippen molar-refractivity contribution in [3.8, 4) is 11.8 Å². The molecule has 0 unspecified atom stereocenters. The summed E-state index contributed by atoms with van der Waals surface area (Å²) in [5.74, 6) is -0.0514. The van der Waals surface area contributed by atoms with Crippen LogP contribution in [-0.2, 0) is 10.1 Å². The highest BCUT2D eigenvalue weighted by atomic mass is 31.2. The molecule has 1 aliphatic rings. The number of benzene rings is 3. The molecule has 3 aromatic carbocycles. The summed E-state index contributed by atoms with van der Waals surface area (Å²) in [6.07, 6.45) is -0.0658. The molecule has 0 amide bonds. The molecule has 0 bridgehead atoms. The van der Waals surface area contributed by atoms with Crippen LogP contribution in [0.4, 0.5) is 4.39 Å². The van der Waals surface area contributed by atoms with E-state index in [9.17, 15) is 14.2 Å². The van der Waals surface area contributed by atoms with Crippen LogP contribution in [0.15, 0.2) is 78.9 Å². The molecule has 29 heavy (non-hydrogen) atoms. The van der Waals surface area contributed by atoms with Gasteiger partial charge in [0.2, 0.25) is 7.29 Å². The molecule has 2 atom stereocenters. The monoisotopic (exact) mass is 406 g/mol. The second-order valence-corrected chi connectivity index (χ2v) is 9.66. The second kappa shape index (κ2) is 7.48. The lowest BCUT2D eigenvalue weighted by atomic mass is 9.84. The van der Waals surface area contributed by atoms with Gasteiger partial charge in [-0.3, -0.25) is 4.57 Å². The van der Waals surface area contributed by atoms with Crippen molar-refractivity contribution in [2.45, 2.75) is 25.0 Å². The van der Waals surface area contributed by atoms with Crippen LogP contribution in [-0.4, -0.2) is 6.10 Å². The van der Waals surface area contributed by atoms with E-state index >= 15 is 0 Å². The SMILES string of the molecule is C[C@@H]1C[C@](C#N)(NP(=O)(c2ccccc2)c2ccccc2)c2cc(F)ccc2O1. The topological polar surface area (TPSA) is 62.1 Å². The lowest BCUT2D eigenvalue weighted by Gasteiger charge is -2.39. The third-order valence-corrected chi connectivity index (χ3v) is 7.85. The summed E-state index contributed by atoms with van der Waals surface area (Å²) in [4.78, 5) is 0. The Labute approximate surface area is 169 Å². The molecule has 0 saturated carbocycles. The van der Waals surface area contributed by atoms with Gasteiger partial charge in [-0.25, -0.2) is 9.48 Å². The van der Waals surface area contributed by atoms with E-state index in [4.69, 9.17) is 4.74 Å². The van der Waals surface area contributed by atoms with Gasteiger partial charge in [0.05, 0.1) is 12.2 Å². The smallest absolute Gasteiger partial charge is 0.206 e. The van der Waals surface area contributed by atoms with Crippen molar-refractivity contribution in [3.63, 3.8) is 0 Å². The van der Waals surface area contributed by atoms with Crippen molar-refractivity contribution in [1.82, 2.24) is 5.09 Å². The summed E-state index contributed by atoms with van der Waals surface area (Å²) >= 11 is 0. The molecule has 1 heterocycles. The summed E-state index contributed by atoms with van der Waals surface area (Å²) in [6, 6.07) is 24.5. The highest BCUT2D eigenvalue weighted by Gasteiger charge is 2.46. The molecule has 0 radical (unpaired) electrons. The maximum atomic E-state index is 14.5. The summed E-state index contributed by atoms with van der Waals surface area (Å²) < 4.78 is 34.4. The predicted molar refractivity (Wildman–Crippen MR) is 111 cm³/mol. The third-order valence-electron chi connectivity index (χ3n) is 5.10. The van der Waals surface area contributed by atoms with E-state index in [2.05, 4.69) is 11.2 Å². The van der Waals surface area contributed by atoms with Gasteiger partial charge in [-0.05, 0) is 49.4 Å². The first-order valence-corrected chi connectivity index (χ1v) is 11.1. The van der Waals surface area contributed by atoms with E-state index in [1.165, 1.54) is 18.2 Å². The minimum Gasteiger partial charge on any atom is -0.490 e. The van der Waals surface area contributed by atoms with Gasteiger partial charge in [0.1, 0.15) is 17.1 Å². The van der Waals surface area contributed by atoms with Gasteiger partial charge in [-0.15, -0.1) is 0 Å². The quantitative estimate of drug-likeness (QED) is 0.659. The number of hydrogen-bond donors (Lipinski definition) is 1. The number of fused-ring (bicyclic) bond motifs is 1. The first-order chi connectivity index (χ1) is 14.0. The van der Waals surface area contributed by atoms with Gasteiger partial charge in [0.25, 0.3) is 0 Å². The van der Waals surface area contributed by atoms with Gasteiger partial charge in [-0.2, -0.15) is 5.26 Å². The van der Waals surface area contributed by atoms with Crippen molar-refractivity contribution in [2.75, 3.05) is 0 Å². The fourth-order valence-corrected chi connectivity index (χ4v) is 6.34. The first kappa shape index (κ1) is 19.4. The molecule has 4 nitrogen and oxygen atoms in total. The van der Waals surface area contributed by atoms with Gasteiger partial charge in [0, 0.05) is 22.6 Å². The Hall–Kier alpha value is -2.93. The molecule has 6 heteroatoms. The molecule has 0 aliphatic carbocycles. The minimum absolute atomic E-state index is 0.240. The third kappa shape index (κ3) is 3.46. The number of ether oxygens (including phenoxy) is 1. The average molecular weight is 406 g/mol. The lowest BCUT2D eigenvalue weighted by Crippen LogP contribution is -2.48. The molecular weight excluding hydrogens is 386 g/mol. The van der Waals surface area contributed by atoms with Crippen LogP contribution in [0.2, 0.25) is 0 Å². The van der Waals surface area contributed by atoms with Crippen molar-refractivity contribution in [1.29, 1.82) is 5.26 Å². The van der Waals surface area contributed by atoms with E-state index in [1.807, 2.05) is 43.3 Å². The molecular formula is C23H20FN2O2P. The van der Waals surface area contributed by atoms with Crippen LogP contribution in [0.1, 0.15) is 18.9 Å². The molecule has 0 fully saturated rings. The minimum atomic E-state index is -3.42. The molecule has 3 aromatic rings. The second-order valence-electron chi connectivity index (χ2n) is 7.18. The Balaban J connectivity index is 1.92.